The first-order valence-corrected chi connectivity index (χ1v) is 7.63. The van der Waals surface area contributed by atoms with E-state index in [0.717, 1.165) is 16.5 Å². The van der Waals surface area contributed by atoms with Crippen LogP contribution in [0.3, 0.4) is 0 Å². The lowest BCUT2D eigenvalue weighted by Crippen LogP contribution is -2.24. The maximum Gasteiger partial charge on any atom is 0.255 e. The zero-order valence-electron chi connectivity index (χ0n) is 12.1. The van der Waals surface area contributed by atoms with E-state index in [1.807, 2.05) is 18.2 Å². The number of carbonyl (C=O) groups excluding carboxylic acids is 1. The van der Waals surface area contributed by atoms with Gasteiger partial charge >= 0.3 is 0 Å². The van der Waals surface area contributed by atoms with E-state index in [-0.39, 0.29) is 5.91 Å². The molecule has 1 amide bonds. The van der Waals surface area contributed by atoms with E-state index in [0.29, 0.717) is 17.9 Å². The van der Waals surface area contributed by atoms with Gasteiger partial charge < -0.3 is 10.6 Å². The predicted molar refractivity (Wildman–Crippen MR) is 88.5 cm³/mol. The summed E-state index contributed by atoms with van der Waals surface area (Å²) < 4.78 is 0.778. The fraction of sp³-hybridized carbons (Fsp3) is 0.250. The third-order valence-corrected chi connectivity index (χ3v) is 3.71. The van der Waals surface area contributed by atoms with Gasteiger partial charge in [0.2, 0.25) is 0 Å². The Morgan fingerprint density at radius 2 is 2.00 bits per heavy atom. The van der Waals surface area contributed by atoms with Crippen molar-refractivity contribution in [1.29, 1.82) is 0 Å². The van der Waals surface area contributed by atoms with Crippen LogP contribution in [-0.2, 0) is 13.0 Å². The normalized spacial score (nSPS) is 10.2. The minimum Gasteiger partial charge on any atom is -0.372 e. The molecule has 21 heavy (non-hydrogen) atoms. The summed E-state index contributed by atoms with van der Waals surface area (Å²) in [6.07, 6.45) is 2.61. The minimum atomic E-state index is -0.140. The first-order chi connectivity index (χ1) is 10.2. The van der Waals surface area contributed by atoms with Crippen LogP contribution in [0.2, 0.25) is 0 Å². The smallest absolute Gasteiger partial charge is 0.255 e. The Balaban J connectivity index is 2.13. The molecule has 0 bridgehead atoms. The molecule has 0 aliphatic heterocycles. The maximum atomic E-state index is 12.3. The summed E-state index contributed by atoms with van der Waals surface area (Å²) in [5.74, 6) is 0.429. The number of aromatic nitrogens is 1. The second kappa shape index (κ2) is 7.22. The second-order valence-corrected chi connectivity index (χ2v) is 5.52. The molecule has 0 spiro atoms. The second-order valence-electron chi connectivity index (χ2n) is 4.60. The summed E-state index contributed by atoms with van der Waals surface area (Å²) in [5.41, 5.74) is 2.92. The first-order valence-electron chi connectivity index (χ1n) is 6.84. The summed E-state index contributed by atoms with van der Waals surface area (Å²) in [5, 5.41) is 5.88. The highest BCUT2D eigenvalue weighted by molar-refractivity contribution is 9.10. The van der Waals surface area contributed by atoms with E-state index in [4.69, 9.17) is 0 Å². The predicted octanol–water partition coefficient (Wildman–Crippen LogP) is 3.38. The molecular weight excluding hydrogens is 330 g/mol. The van der Waals surface area contributed by atoms with Crippen molar-refractivity contribution in [2.75, 3.05) is 12.4 Å². The van der Waals surface area contributed by atoms with Crippen molar-refractivity contribution in [2.24, 2.45) is 0 Å². The number of nitrogens with zero attached hydrogens (tertiary/aromatic N) is 1. The van der Waals surface area contributed by atoms with Gasteiger partial charge in [-0.1, -0.05) is 31.2 Å². The van der Waals surface area contributed by atoms with Gasteiger partial charge in [-0.2, -0.15) is 0 Å². The van der Waals surface area contributed by atoms with E-state index in [1.165, 1.54) is 5.56 Å². The number of aryl methyl sites for hydroxylation is 1. The van der Waals surface area contributed by atoms with Gasteiger partial charge in [-0.15, -0.1) is 0 Å². The molecule has 1 aromatic carbocycles. The van der Waals surface area contributed by atoms with Crippen LogP contribution in [0.1, 0.15) is 28.4 Å². The maximum absolute atomic E-state index is 12.3. The van der Waals surface area contributed by atoms with E-state index in [9.17, 15) is 4.79 Å². The van der Waals surface area contributed by atoms with Gasteiger partial charge in [-0.05, 0) is 39.5 Å². The van der Waals surface area contributed by atoms with Crippen molar-refractivity contribution >= 4 is 27.7 Å². The molecule has 0 saturated carbocycles. The van der Waals surface area contributed by atoms with Crippen LogP contribution in [0.5, 0.6) is 0 Å². The monoisotopic (exact) mass is 347 g/mol. The Bertz CT molecular complexity index is 643. The summed E-state index contributed by atoms with van der Waals surface area (Å²) in [7, 11) is 1.75. The highest BCUT2D eigenvalue weighted by Crippen LogP contribution is 2.18. The Morgan fingerprint density at radius 3 is 2.67 bits per heavy atom. The Kier molecular flexibility index (Phi) is 5.33. The topological polar surface area (TPSA) is 54.0 Å². The fourth-order valence-corrected chi connectivity index (χ4v) is 2.49. The zero-order chi connectivity index (χ0) is 15.2. The summed E-state index contributed by atoms with van der Waals surface area (Å²) >= 11 is 3.34. The van der Waals surface area contributed by atoms with E-state index in [2.05, 4.69) is 44.5 Å². The van der Waals surface area contributed by atoms with Gasteiger partial charge in [0.05, 0.1) is 5.56 Å². The third kappa shape index (κ3) is 3.82. The number of halogens is 1. The molecule has 1 aromatic heterocycles. The van der Waals surface area contributed by atoms with Crippen LogP contribution in [0.4, 0.5) is 5.82 Å². The Labute approximate surface area is 133 Å². The minimum absolute atomic E-state index is 0.140. The number of nitrogens with one attached hydrogen (secondary N) is 2. The number of pyridine rings is 1. The lowest BCUT2D eigenvalue weighted by Gasteiger charge is -2.11. The standard InChI is InChI=1S/C16H18BrN3O/c1-3-11-6-4-5-7-12(11)9-20-16(21)14-8-13(17)10-19-15(14)18-2/h4-8,10H,3,9H2,1-2H3,(H,18,19)(H,20,21). The quantitative estimate of drug-likeness (QED) is 0.871. The zero-order valence-corrected chi connectivity index (χ0v) is 13.7. The fourth-order valence-electron chi connectivity index (χ4n) is 2.16. The highest BCUT2D eigenvalue weighted by atomic mass is 79.9. The molecule has 0 radical (unpaired) electrons. The highest BCUT2D eigenvalue weighted by Gasteiger charge is 2.12. The van der Waals surface area contributed by atoms with Crippen LogP contribution >= 0.6 is 15.9 Å². The molecule has 1 heterocycles. The van der Waals surface area contributed by atoms with Crippen LogP contribution in [-0.4, -0.2) is 17.9 Å². The molecular formula is C16H18BrN3O. The Morgan fingerprint density at radius 1 is 1.29 bits per heavy atom. The van der Waals surface area contributed by atoms with Gasteiger partial charge in [0.1, 0.15) is 5.82 Å². The number of hydrogen-bond acceptors (Lipinski definition) is 3. The van der Waals surface area contributed by atoms with Gasteiger partial charge in [-0.25, -0.2) is 4.98 Å². The van der Waals surface area contributed by atoms with Crippen LogP contribution in [0.25, 0.3) is 0 Å². The number of amides is 1. The van der Waals surface area contributed by atoms with Gasteiger partial charge in [0.15, 0.2) is 0 Å². The lowest BCUT2D eigenvalue weighted by molar-refractivity contribution is 0.0951. The van der Waals surface area contributed by atoms with Crippen LogP contribution in [0.15, 0.2) is 41.0 Å². The molecule has 0 fully saturated rings. The summed E-state index contributed by atoms with van der Waals surface area (Å²) in [6, 6.07) is 9.89. The molecule has 2 N–H and O–H groups in total. The van der Waals surface area contributed by atoms with Crippen molar-refractivity contribution in [1.82, 2.24) is 10.3 Å². The first kappa shape index (κ1) is 15.5. The molecule has 0 unspecified atom stereocenters. The molecule has 110 valence electrons. The van der Waals surface area contributed by atoms with E-state index < -0.39 is 0 Å². The average molecular weight is 348 g/mol. The molecule has 0 atom stereocenters. The summed E-state index contributed by atoms with van der Waals surface area (Å²) in [6.45, 7) is 2.62. The van der Waals surface area contributed by atoms with E-state index in [1.54, 1.807) is 19.3 Å². The number of anilines is 1. The molecule has 2 rings (SSSR count). The Hall–Kier alpha value is -1.88. The number of carbonyl (C=O) groups is 1. The van der Waals surface area contributed by atoms with E-state index >= 15 is 0 Å². The van der Waals surface area contributed by atoms with Gasteiger partial charge in [0, 0.05) is 24.3 Å². The van der Waals surface area contributed by atoms with Gasteiger partial charge in [-0.3, -0.25) is 4.79 Å². The molecule has 4 nitrogen and oxygen atoms in total. The average Bonchev–Trinajstić information content (AvgIpc) is 2.52. The molecule has 0 aliphatic carbocycles. The SMILES string of the molecule is CCc1ccccc1CNC(=O)c1cc(Br)cnc1NC. The summed E-state index contributed by atoms with van der Waals surface area (Å²) in [4.78, 5) is 16.5. The van der Waals surface area contributed by atoms with Crippen molar-refractivity contribution in [3.63, 3.8) is 0 Å². The number of rotatable bonds is 5. The van der Waals surface area contributed by atoms with Crippen LogP contribution < -0.4 is 10.6 Å². The van der Waals surface area contributed by atoms with Crippen molar-refractivity contribution < 1.29 is 4.79 Å². The lowest BCUT2D eigenvalue weighted by atomic mass is 10.1. The van der Waals surface area contributed by atoms with Crippen LogP contribution in [0, 0.1) is 0 Å². The molecule has 5 heteroatoms. The largest absolute Gasteiger partial charge is 0.372 e. The third-order valence-electron chi connectivity index (χ3n) is 3.27. The molecule has 0 saturated heterocycles. The van der Waals surface area contributed by atoms with Crippen molar-refractivity contribution in [2.45, 2.75) is 19.9 Å². The number of hydrogen-bond donors (Lipinski definition) is 2. The van der Waals surface area contributed by atoms with Crippen molar-refractivity contribution in [3.8, 4) is 0 Å². The van der Waals surface area contributed by atoms with Crippen molar-refractivity contribution in [3.05, 3.63) is 57.7 Å². The molecule has 2 aromatic rings. The number of benzene rings is 1. The molecule has 0 aliphatic rings. The van der Waals surface area contributed by atoms with Gasteiger partial charge in [0.25, 0.3) is 5.91 Å².